The third kappa shape index (κ3) is 4.39. The number of rotatable bonds is 5. The SMILES string of the molecule is C[C@@H](Sc1nnc(-c2cccc(Cl)c2)o1)C(=O)Nc1cc(F)ccc1F. The van der Waals surface area contributed by atoms with E-state index in [9.17, 15) is 13.6 Å². The van der Waals surface area contributed by atoms with Crippen LogP contribution in [0.1, 0.15) is 6.92 Å². The van der Waals surface area contributed by atoms with E-state index in [4.69, 9.17) is 16.0 Å². The van der Waals surface area contributed by atoms with Crippen LogP contribution in [-0.4, -0.2) is 21.4 Å². The third-order valence-corrected chi connectivity index (χ3v) is 4.48. The fraction of sp³-hybridized carbons (Fsp3) is 0.118. The third-order valence-electron chi connectivity index (χ3n) is 3.31. The molecule has 1 heterocycles. The van der Waals surface area contributed by atoms with Crippen LogP contribution in [0.15, 0.2) is 52.1 Å². The van der Waals surface area contributed by atoms with Crippen molar-refractivity contribution in [2.45, 2.75) is 17.4 Å². The fourth-order valence-electron chi connectivity index (χ4n) is 2.03. The van der Waals surface area contributed by atoms with Crippen LogP contribution >= 0.6 is 23.4 Å². The Morgan fingerprint density at radius 3 is 2.81 bits per heavy atom. The summed E-state index contributed by atoms with van der Waals surface area (Å²) in [5.41, 5.74) is 0.420. The number of hydrogen-bond donors (Lipinski definition) is 1. The summed E-state index contributed by atoms with van der Waals surface area (Å²) >= 11 is 6.92. The van der Waals surface area contributed by atoms with E-state index >= 15 is 0 Å². The summed E-state index contributed by atoms with van der Waals surface area (Å²) < 4.78 is 32.3. The molecule has 1 N–H and O–H groups in total. The predicted molar refractivity (Wildman–Crippen MR) is 95.1 cm³/mol. The number of thioether (sulfide) groups is 1. The molecule has 0 saturated heterocycles. The molecule has 0 radical (unpaired) electrons. The second-order valence-electron chi connectivity index (χ2n) is 5.26. The summed E-state index contributed by atoms with van der Waals surface area (Å²) in [5.74, 6) is -1.64. The lowest BCUT2D eigenvalue weighted by Crippen LogP contribution is -2.23. The fourth-order valence-corrected chi connectivity index (χ4v) is 2.90. The van der Waals surface area contributed by atoms with Crippen molar-refractivity contribution in [3.63, 3.8) is 0 Å². The van der Waals surface area contributed by atoms with Gasteiger partial charge < -0.3 is 9.73 Å². The number of carbonyl (C=O) groups is 1. The van der Waals surface area contributed by atoms with Crippen LogP contribution in [0.4, 0.5) is 14.5 Å². The average molecular weight is 396 g/mol. The van der Waals surface area contributed by atoms with Gasteiger partial charge in [0.15, 0.2) is 0 Å². The highest BCUT2D eigenvalue weighted by atomic mass is 35.5. The normalized spacial score (nSPS) is 12.0. The maximum atomic E-state index is 13.6. The van der Waals surface area contributed by atoms with Gasteiger partial charge in [-0.25, -0.2) is 8.78 Å². The van der Waals surface area contributed by atoms with Gasteiger partial charge in [-0.3, -0.25) is 4.79 Å². The largest absolute Gasteiger partial charge is 0.411 e. The first-order valence-electron chi connectivity index (χ1n) is 7.44. The van der Waals surface area contributed by atoms with E-state index in [0.717, 1.165) is 30.0 Å². The zero-order valence-electron chi connectivity index (χ0n) is 13.4. The molecule has 1 aromatic heterocycles. The van der Waals surface area contributed by atoms with Crippen LogP contribution in [0.2, 0.25) is 5.02 Å². The molecule has 0 spiro atoms. The first-order valence-corrected chi connectivity index (χ1v) is 8.70. The second kappa shape index (κ2) is 7.84. The molecule has 0 unspecified atom stereocenters. The molecule has 3 rings (SSSR count). The van der Waals surface area contributed by atoms with Gasteiger partial charge >= 0.3 is 0 Å². The van der Waals surface area contributed by atoms with Gasteiger partial charge in [0.2, 0.25) is 11.8 Å². The van der Waals surface area contributed by atoms with Gasteiger partial charge in [0, 0.05) is 16.7 Å². The van der Waals surface area contributed by atoms with E-state index in [1.54, 1.807) is 31.2 Å². The monoisotopic (exact) mass is 395 g/mol. The molecule has 2 aromatic carbocycles. The minimum atomic E-state index is -0.724. The van der Waals surface area contributed by atoms with E-state index in [-0.39, 0.29) is 16.8 Å². The topological polar surface area (TPSA) is 68.0 Å². The first-order chi connectivity index (χ1) is 12.4. The summed E-state index contributed by atoms with van der Waals surface area (Å²) in [6.45, 7) is 1.58. The molecule has 134 valence electrons. The second-order valence-corrected chi connectivity index (χ2v) is 6.99. The van der Waals surface area contributed by atoms with Gasteiger partial charge in [0.1, 0.15) is 11.6 Å². The van der Waals surface area contributed by atoms with Crippen molar-refractivity contribution in [3.05, 3.63) is 59.1 Å². The number of aromatic nitrogens is 2. The van der Waals surface area contributed by atoms with E-state index in [1.807, 2.05) is 0 Å². The van der Waals surface area contributed by atoms with Crippen LogP contribution in [-0.2, 0) is 4.79 Å². The van der Waals surface area contributed by atoms with Gasteiger partial charge in [0.05, 0.1) is 10.9 Å². The molecule has 26 heavy (non-hydrogen) atoms. The van der Waals surface area contributed by atoms with Gasteiger partial charge in [-0.1, -0.05) is 29.4 Å². The van der Waals surface area contributed by atoms with E-state index in [0.29, 0.717) is 10.6 Å². The summed E-state index contributed by atoms with van der Waals surface area (Å²) in [6, 6.07) is 9.72. The van der Waals surface area contributed by atoms with Crippen LogP contribution in [0.25, 0.3) is 11.5 Å². The molecule has 1 atom stereocenters. The Kier molecular flexibility index (Phi) is 5.53. The van der Waals surface area contributed by atoms with Crippen LogP contribution < -0.4 is 5.32 Å². The van der Waals surface area contributed by atoms with E-state index < -0.39 is 22.8 Å². The van der Waals surface area contributed by atoms with E-state index in [1.165, 1.54) is 0 Å². The maximum Gasteiger partial charge on any atom is 0.277 e. The van der Waals surface area contributed by atoms with Gasteiger partial charge in [-0.15, -0.1) is 10.2 Å². The Bertz CT molecular complexity index is 951. The highest BCUT2D eigenvalue weighted by Gasteiger charge is 2.20. The van der Waals surface area contributed by atoms with Gasteiger partial charge in [0.25, 0.3) is 5.22 Å². The molecule has 0 saturated carbocycles. The minimum absolute atomic E-state index is 0.169. The Morgan fingerprint density at radius 1 is 1.23 bits per heavy atom. The molecule has 5 nitrogen and oxygen atoms in total. The molecular formula is C17H12ClF2N3O2S. The van der Waals surface area contributed by atoms with Gasteiger partial charge in [-0.05, 0) is 37.3 Å². The number of amides is 1. The molecule has 3 aromatic rings. The van der Waals surface area contributed by atoms with Gasteiger partial charge in [-0.2, -0.15) is 0 Å². The number of benzene rings is 2. The van der Waals surface area contributed by atoms with Crippen molar-refractivity contribution in [1.29, 1.82) is 0 Å². The van der Waals surface area contributed by atoms with Crippen molar-refractivity contribution in [1.82, 2.24) is 10.2 Å². The summed E-state index contributed by atoms with van der Waals surface area (Å²) in [6.07, 6.45) is 0. The molecule has 0 aliphatic heterocycles. The lowest BCUT2D eigenvalue weighted by atomic mass is 10.2. The molecule has 0 fully saturated rings. The lowest BCUT2D eigenvalue weighted by Gasteiger charge is -2.10. The molecule has 9 heteroatoms. The smallest absolute Gasteiger partial charge is 0.277 e. The first kappa shape index (κ1) is 18.3. The summed E-state index contributed by atoms with van der Waals surface area (Å²) in [5, 5.41) is 10.1. The molecule has 0 aliphatic rings. The maximum absolute atomic E-state index is 13.6. The number of nitrogens with one attached hydrogen (secondary N) is 1. The number of carbonyl (C=O) groups excluding carboxylic acids is 1. The number of halogens is 3. The lowest BCUT2D eigenvalue weighted by molar-refractivity contribution is -0.115. The molecule has 0 bridgehead atoms. The summed E-state index contributed by atoms with van der Waals surface area (Å²) in [4.78, 5) is 12.2. The van der Waals surface area contributed by atoms with E-state index in [2.05, 4.69) is 15.5 Å². The zero-order chi connectivity index (χ0) is 18.7. The predicted octanol–water partition coefficient (Wildman–Crippen LogP) is 4.79. The molecule has 0 aliphatic carbocycles. The highest BCUT2D eigenvalue weighted by molar-refractivity contribution is 8.00. The number of nitrogens with zero attached hydrogens (tertiary/aromatic N) is 2. The zero-order valence-corrected chi connectivity index (χ0v) is 14.9. The number of hydrogen-bond acceptors (Lipinski definition) is 5. The molecular weight excluding hydrogens is 384 g/mol. The minimum Gasteiger partial charge on any atom is -0.411 e. The highest BCUT2D eigenvalue weighted by Crippen LogP contribution is 2.28. The summed E-state index contributed by atoms with van der Waals surface area (Å²) in [7, 11) is 0. The van der Waals surface area contributed by atoms with Crippen molar-refractivity contribution >= 4 is 35.0 Å². The van der Waals surface area contributed by atoms with Crippen LogP contribution in [0, 0.1) is 11.6 Å². The Labute approximate surface area is 156 Å². The Balaban J connectivity index is 1.67. The van der Waals surface area contributed by atoms with Crippen molar-refractivity contribution in [2.75, 3.05) is 5.32 Å². The number of anilines is 1. The quantitative estimate of drug-likeness (QED) is 0.629. The van der Waals surface area contributed by atoms with Crippen molar-refractivity contribution in [2.24, 2.45) is 0 Å². The molecule has 1 amide bonds. The van der Waals surface area contributed by atoms with Crippen molar-refractivity contribution < 1.29 is 18.0 Å². The average Bonchev–Trinajstić information content (AvgIpc) is 3.06. The van der Waals surface area contributed by atoms with Crippen LogP contribution in [0.3, 0.4) is 0 Å². The standard InChI is InChI=1S/C17H12ClF2N3O2S/c1-9(15(24)21-14-8-12(19)5-6-13(14)20)26-17-23-22-16(25-17)10-3-2-4-11(18)7-10/h2-9H,1H3,(H,21,24)/t9-/m1/s1. The Hall–Kier alpha value is -2.45. The Morgan fingerprint density at radius 2 is 2.04 bits per heavy atom. The van der Waals surface area contributed by atoms with Crippen molar-refractivity contribution in [3.8, 4) is 11.5 Å². The van der Waals surface area contributed by atoms with Crippen LogP contribution in [0.5, 0.6) is 0 Å².